The fraction of sp³-hybridized carbons (Fsp3) is 0. The molecule has 0 saturated heterocycles. The molecule has 0 spiro atoms. The molecule has 0 aliphatic heterocycles. The monoisotopic (exact) mass is 688 g/mol. The lowest BCUT2D eigenvalue weighted by molar-refractivity contribution is 1.18. The molecule has 0 bridgehead atoms. The van der Waals surface area contributed by atoms with Crippen LogP contribution in [-0.4, -0.2) is 19.9 Å². The number of rotatable bonds is 6. The highest BCUT2D eigenvalue weighted by atomic mass is 14.9. The summed E-state index contributed by atoms with van der Waals surface area (Å²) in [6.45, 7) is 0. The van der Waals surface area contributed by atoms with Crippen molar-refractivity contribution in [3.63, 3.8) is 0 Å². The lowest BCUT2D eigenvalue weighted by Gasteiger charge is -2.11. The van der Waals surface area contributed by atoms with Crippen LogP contribution < -0.4 is 0 Å². The Balaban J connectivity index is 1.03. The maximum absolute atomic E-state index is 5.26. The van der Waals surface area contributed by atoms with E-state index in [0.29, 0.717) is 5.82 Å². The summed E-state index contributed by atoms with van der Waals surface area (Å²) in [5, 5.41) is 4.60. The van der Waals surface area contributed by atoms with E-state index in [1.807, 2.05) is 36.4 Å². The Bertz CT molecular complexity index is 2910. The molecular weight excluding hydrogens is 657 g/mol. The van der Waals surface area contributed by atoms with Crippen LogP contribution in [0.3, 0.4) is 0 Å². The van der Waals surface area contributed by atoms with Gasteiger partial charge in [0.05, 0.1) is 33.8 Å². The van der Waals surface area contributed by atoms with Gasteiger partial charge in [-0.15, -0.1) is 0 Å². The van der Waals surface area contributed by atoms with E-state index in [2.05, 4.69) is 158 Å². The third-order valence-corrected chi connectivity index (χ3v) is 10.1. The maximum atomic E-state index is 5.26. The van der Waals surface area contributed by atoms with Gasteiger partial charge in [0.15, 0.2) is 5.82 Å². The second kappa shape index (κ2) is 13.4. The van der Waals surface area contributed by atoms with E-state index in [1.165, 1.54) is 21.9 Å². The van der Waals surface area contributed by atoms with Gasteiger partial charge in [0.2, 0.25) is 0 Å². The van der Waals surface area contributed by atoms with Crippen molar-refractivity contribution >= 4 is 32.6 Å². The van der Waals surface area contributed by atoms with Crippen molar-refractivity contribution in [3.05, 3.63) is 194 Å². The summed E-state index contributed by atoms with van der Waals surface area (Å²) in [6.07, 6.45) is 0. The molecule has 4 heteroatoms. The van der Waals surface area contributed by atoms with E-state index in [9.17, 15) is 0 Å². The second-order valence-electron chi connectivity index (χ2n) is 13.5. The molecule has 0 aliphatic rings. The van der Waals surface area contributed by atoms with E-state index in [-0.39, 0.29) is 0 Å². The molecular formula is C50H32N4. The number of hydrogen-bond donors (Lipinski definition) is 0. The number of hydrogen-bond acceptors (Lipinski definition) is 4. The van der Waals surface area contributed by atoms with Crippen molar-refractivity contribution in [2.75, 3.05) is 0 Å². The highest BCUT2D eigenvalue weighted by Crippen LogP contribution is 2.34. The average molecular weight is 689 g/mol. The first-order chi connectivity index (χ1) is 26.7. The average Bonchev–Trinajstić information content (AvgIpc) is 3.26. The molecule has 0 N–H and O–H groups in total. The van der Waals surface area contributed by atoms with Crippen LogP contribution in [0, 0.1) is 0 Å². The Hall–Kier alpha value is -7.30. The number of pyridine rings is 2. The Labute approximate surface area is 313 Å². The Morgan fingerprint density at radius 1 is 0.259 bits per heavy atom. The number of benzene rings is 7. The Morgan fingerprint density at radius 2 is 0.741 bits per heavy atom. The van der Waals surface area contributed by atoms with E-state index in [4.69, 9.17) is 19.9 Å². The zero-order valence-electron chi connectivity index (χ0n) is 29.3. The van der Waals surface area contributed by atoms with Crippen molar-refractivity contribution in [2.45, 2.75) is 0 Å². The molecule has 3 heterocycles. The van der Waals surface area contributed by atoms with Gasteiger partial charge in [-0.2, -0.15) is 0 Å². The van der Waals surface area contributed by atoms with Crippen molar-refractivity contribution in [3.8, 4) is 67.5 Å². The molecule has 0 aliphatic carbocycles. The lowest BCUT2D eigenvalue weighted by Crippen LogP contribution is -1.96. The van der Waals surface area contributed by atoms with E-state index in [0.717, 1.165) is 72.4 Å². The minimum atomic E-state index is 0.692. The molecule has 7 aromatic carbocycles. The van der Waals surface area contributed by atoms with Crippen LogP contribution in [0.2, 0.25) is 0 Å². The highest BCUT2D eigenvalue weighted by molar-refractivity contribution is 6.04. The van der Waals surface area contributed by atoms with Crippen LogP contribution in [0.25, 0.3) is 100 Å². The largest absolute Gasteiger partial charge is 0.245 e. The predicted octanol–water partition coefficient (Wildman–Crippen LogP) is 12.7. The number of fused-ring (bicyclic) bond motifs is 4. The molecule has 4 nitrogen and oxygen atoms in total. The lowest BCUT2D eigenvalue weighted by atomic mass is 9.97. The SMILES string of the molecule is c1ccc(-c2cc(-c3cccc(-c4ccc5ccc6ccc(-c7ccc(-c8cccc9ccccc89)cc7)nc6c5n4)c3)nc(-c3ccccc3)n2)cc1. The standard InChI is InChI=1S/C50H32N4/c1-3-12-35(13-4-1)46-32-47(54-50(53-46)39-14-5-2-6-15-39)41-18-9-17-40(31-41)45-30-28-38-26-25-37-27-29-44(51-48(37)49(38)52-45)36-23-21-34(22-24-36)43-20-10-16-33-11-7-8-19-42(33)43/h1-32H. The number of nitrogens with zero attached hydrogens (tertiary/aromatic N) is 4. The first-order valence-electron chi connectivity index (χ1n) is 18.1. The third-order valence-electron chi connectivity index (χ3n) is 10.1. The van der Waals surface area contributed by atoms with Gasteiger partial charge in [0, 0.05) is 38.6 Å². The van der Waals surface area contributed by atoms with E-state index >= 15 is 0 Å². The van der Waals surface area contributed by atoms with E-state index < -0.39 is 0 Å². The van der Waals surface area contributed by atoms with Crippen LogP contribution in [0.15, 0.2) is 194 Å². The van der Waals surface area contributed by atoms with Gasteiger partial charge in [-0.25, -0.2) is 19.9 Å². The van der Waals surface area contributed by atoms with Gasteiger partial charge in [0.25, 0.3) is 0 Å². The Morgan fingerprint density at radius 3 is 1.44 bits per heavy atom. The normalized spacial score (nSPS) is 11.3. The molecule has 10 aromatic rings. The molecule has 10 rings (SSSR count). The molecule has 0 radical (unpaired) electrons. The van der Waals surface area contributed by atoms with Crippen molar-refractivity contribution in [1.82, 2.24) is 19.9 Å². The van der Waals surface area contributed by atoms with Crippen molar-refractivity contribution in [2.24, 2.45) is 0 Å². The first-order valence-corrected chi connectivity index (χ1v) is 18.1. The summed E-state index contributed by atoms with van der Waals surface area (Å²) in [6, 6.07) is 67.4. The van der Waals surface area contributed by atoms with Crippen LogP contribution in [0.4, 0.5) is 0 Å². The molecule has 0 atom stereocenters. The quantitative estimate of drug-likeness (QED) is 0.163. The van der Waals surface area contributed by atoms with Crippen molar-refractivity contribution in [1.29, 1.82) is 0 Å². The van der Waals surface area contributed by atoms with Crippen LogP contribution in [0.1, 0.15) is 0 Å². The second-order valence-corrected chi connectivity index (χ2v) is 13.5. The fourth-order valence-corrected chi connectivity index (χ4v) is 7.29. The molecule has 54 heavy (non-hydrogen) atoms. The van der Waals surface area contributed by atoms with Crippen molar-refractivity contribution < 1.29 is 0 Å². The van der Waals surface area contributed by atoms with Gasteiger partial charge in [-0.3, -0.25) is 0 Å². The van der Waals surface area contributed by atoms with Gasteiger partial charge < -0.3 is 0 Å². The van der Waals surface area contributed by atoms with Gasteiger partial charge >= 0.3 is 0 Å². The van der Waals surface area contributed by atoms with Gasteiger partial charge in [0.1, 0.15) is 0 Å². The summed E-state index contributed by atoms with van der Waals surface area (Å²) in [5.41, 5.74) is 12.8. The van der Waals surface area contributed by atoms with Gasteiger partial charge in [-0.1, -0.05) is 170 Å². The van der Waals surface area contributed by atoms with Crippen LogP contribution in [-0.2, 0) is 0 Å². The zero-order chi connectivity index (χ0) is 35.8. The molecule has 0 saturated carbocycles. The molecule has 0 fully saturated rings. The smallest absolute Gasteiger partial charge is 0.160 e. The summed E-state index contributed by atoms with van der Waals surface area (Å²) >= 11 is 0. The molecule has 252 valence electrons. The minimum Gasteiger partial charge on any atom is -0.245 e. The summed E-state index contributed by atoms with van der Waals surface area (Å²) < 4.78 is 0. The molecule has 0 amide bonds. The zero-order valence-corrected chi connectivity index (χ0v) is 29.3. The van der Waals surface area contributed by atoms with Crippen LogP contribution in [0.5, 0.6) is 0 Å². The topological polar surface area (TPSA) is 51.6 Å². The third kappa shape index (κ3) is 5.86. The van der Waals surface area contributed by atoms with E-state index in [1.54, 1.807) is 0 Å². The van der Waals surface area contributed by atoms with Gasteiger partial charge in [-0.05, 0) is 46.2 Å². The Kier molecular flexibility index (Phi) is 7.77. The highest BCUT2D eigenvalue weighted by Gasteiger charge is 2.13. The molecule has 0 unspecified atom stereocenters. The summed E-state index contributed by atoms with van der Waals surface area (Å²) in [4.78, 5) is 20.5. The van der Waals surface area contributed by atoms with Crippen LogP contribution >= 0.6 is 0 Å². The first kappa shape index (κ1) is 31.4. The molecule has 3 aromatic heterocycles. The predicted molar refractivity (Wildman–Crippen MR) is 223 cm³/mol. The summed E-state index contributed by atoms with van der Waals surface area (Å²) in [5.74, 6) is 0.692. The minimum absolute atomic E-state index is 0.692. The summed E-state index contributed by atoms with van der Waals surface area (Å²) in [7, 11) is 0. The maximum Gasteiger partial charge on any atom is 0.160 e. The fourth-order valence-electron chi connectivity index (χ4n) is 7.29. The number of aromatic nitrogens is 4.